The Morgan fingerprint density at radius 3 is 2.62 bits per heavy atom. The summed E-state index contributed by atoms with van der Waals surface area (Å²) < 4.78 is 7.33. The van der Waals surface area contributed by atoms with E-state index in [0.717, 1.165) is 17.4 Å². The Kier molecular flexibility index (Phi) is 6.51. The number of amides is 2. The summed E-state index contributed by atoms with van der Waals surface area (Å²) in [5, 5.41) is 6.59. The Hall–Kier alpha value is -3.32. The highest BCUT2D eigenvalue weighted by atomic mass is 16.5. The maximum atomic E-state index is 12.9. The topological polar surface area (TPSA) is 98.4 Å². The second-order valence-electron chi connectivity index (χ2n) is 6.61. The van der Waals surface area contributed by atoms with Crippen LogP contribution in [0.25, 0.3) is 10.9 Å². The lowest BCUT2D eigenvalue weighted by molar-refractivity contribution is 0.0949. The van der Waals surface area contributed by atoms with Crippen molar-refractivity contribution in [2.75, 3.05) is 25.5 Å². The number of carbonyl (C=O) groups excluding carboxylic acids is 2. The number of nitrogens with one attached hydrogen (secondary N) is 2. The van der Waals surface area contributed by atoms with Crippen molar-refractivity contribution in [3.63, 3.8) is 0 Å². The Morgan fingerprint density at radius 1 is 1.10 bits per heavy atom. The van der Waals surface area contributed by atoms with Crippen LogP contribution in [0.4, 0.5) is 5.69 Å². The molecule has 29 heavy (non-hydrogen) atoms. The fraction of sp³-hybridized carbons (Fsp3) is 0.273. The number of aromatic nitrogens is 1. The van der Waals surface area contributed by atoms with Crippen LogP contribution in [0.1, 0.15) is 34.1 Å². The molecular formula is C22H26N4O3. The number of hydrogen-bond donors (Lipinski definition) is 3. The van der Waals surface area contributed by atoms with Crippen LogP contribution in [-0.4, -0.2) is 36.6 Å². The van der Waals surface area contributed by atoms with Crippen molar-refractivity contribution in [1.29, 1.82) is 0 Å². The van der Waals surface area contributed by atoms with Gasteiger partial charge in [0.05, 0.1) is 18.2 Å². The van der Waals surface area contributed by atoms with Crippen LogP contribution in [0, 0.1) is 0 Å². The first-order chi connectivity index (χ1) is 14.1. The second-order valence-corrected chi connectivity index (χ2v) is 6.61. The van der Waals surface area contributed by atoms with Crippen LogP contribution in [-0.2, 0) is 6.54 Å². The van der Waals surface area contributed by atoms with Gasteiger partial charge in [0.1, 0.15) is 5.75 Å². The Labute approximate surface area is 169 Å². The molecule has 0 radical (unpaired) electrons. The van der Waals surface area contributed by atoms with Crippen molar-refractivity contribution in [3.05, 3.63) is 59.8 Å². The lowest BCUT2D eigenvalue weighted by atomic mass is 10.1. The fourth-order valence-electron chi connectivity index (χ4n) is 3.25. The van der Waals surface area contributed by atoms with Crippen LogP contribution < -0.4 is 21.1 Å². The average molecular weight is 394 g/mol. The standard InChI is InChI=1S/C22H26N4O3/c1-3-26-14-18(16-7-4-5-8-19(16)26)22(28)25-15-9-10-20(29-2)17(13-15)21(27)24-12-6-11-23/h4-5,7-10,13-14H,3,6,11-12,23H2,1-2H3,(H,24,27)(H,25,28). The third-order valence-electron chi connectivity index (χ3n) is 4.74. The van der Waals surface area contributed by atoms with E-state index in [1.54, 1.807) is 18.2 Å². The molecule has 152 valence electrons. The van der Waals surface area contributed by atoms with E-state index in [1.165, 1.54) is 7.11 Å². The van der Waals surface area contributed by atoms with Gasteiger partial charge in [-0.3, -0.25) is 9.59 Å². The summed E-state index contributed by atoms with van der Waals surface area (Å²) >= 11 is 0. The van der Waals surface area contributed by atoms with Gasteiger partial charge in [-0.2, -0.15) is 0 Å². The maximum Gasteiger partial charge on any atom is 0.257 e. The lowest BCUT2D eigenvalue weighted by Crippen LogP contribution is -2.26. The predicted molar refractivity (Wildman–Crippen MR) is 115 cm³/mol. The monoisotopic (exact) mass is 394 g/mol. The smallest absolute Gasteiger partial charge is 0.257 e. The minimum atomic E-state index is -0.269. The summed E-state index contributed by atoms with van der Waals surface area (Å²) in [5.74, 6) is -0.0575. The summed E-state index contributed by atoms with van der Waals surface area (Å²) in [5.41, 5.74) is 7.95. The summed E-state index contributed by atoms with van der Waals surface area (Å²) in [6.07, 6.45) is 2.54. The highest BCUT2D eigenvalue weighted by molar-refractivity contribution is 6.13. The van der Waals surface area contributed by atoms with E-state index in [0.29, 0.717) is 42.1 Å². The van der Waals surface area contributed by atoms with Crippen molar-refractivity contribution in [2.45, 2.75) is 19.9 Å². The van der Waals surface area contributed by atoms with E-state index >= 15 is 0 Å². The molecule has 3 rings (SSSR count). The number of benzene rings is 2. The normalized spacial score (nSPS) is 10.7. The van der Waals surface area contributed by atoms with E-state index in [1.807, 2.05) is 42.0 Å². The first-order valence-electron chi connectivity index (χ1n) is 9.64. The Balaban J connectivity index is 1.86. The number of nitrogens with two attached hydrogens (primary N) is 1. The third kappa shape index (κ3) is 4.41. The number of para-hydroxylation sites is 1. The van der Waals surface area contributed by atoms with Crippen LogP contribution in [0.3, 0.4) is 0 Å². The number of carbonyl (C=O) groups is 2. The number of fused-ring (bicyclic) bond motifs is 1. The lowest BCUT2D eigenvalue weighted by Gasteiger charge is -2.12. The zero-order chi connectivity index (χ0) is 20.8. The minimum absolute atomic E-state index is 0.229. The first kappa shape index (κ1) is 20.4. The summed E-state index contributed by atoms with van der Waals surface area (Å²) in [6.45, 7) is 3.78. The van der Waals surface area contributed by atoms with Crippen molar-refractivity contribution in [3.8, 4) is 5.75 Å². The molecule has 0 fully saturated rings. The predicted octanol–water partition coefficient (Wildman–Crippen LogP) is 3.00. The van der Waals surface area contributed by atoms with Gasteiger partial charge in [-0.15, -0.1) is 0 Å². The van der Waals surface area contributed by atoms with Crippen LogP contribution in [0.15, 0.2) is 48.7 Å². The number of aryl methyl sites for hydroxylation is 1. The SMILES string of the molecule is CCn1cc(C(=O)Nc2ccc(OC)c(C(=O)NCCCN)c2)c2ccccc21. The van der Waals surface area contributed by atoms with Crippen molar-refractivity contribution in [2.24, 2.45) is 5.73 Å². The van der Waals surface area contributed by atoms with Gasteiger partial charge >= 0.3 is 0 Å². The van der Waals surface area contributed by atoms with Gasteiger partial charge in [0.15, 0.2) is 0 Å². The number of anilines is 1. The molecule has 7 heteroatoms. The molecule has 0 atom stereocenters. The summed E-state index contributed by atoms with van der Waals surface area (Å²) in [7, 11) is 1.50. The third-order valence-corrected chi connectivity index (χ3v) is 4.74. The minimum Gasteiger partial charge on any atom is -0.496 e. The van der Waals surface area contributed by atoms with E-state index in [2.05, 4.69) is 10.6 Å². The van der Waals surface area contributed by atoms with Crippen LogP contribution in [0.5, 0.6) is 5.75 Å². The zero-order valence-corrected chi connectivity index (χ0v) is 16.7. The number of ether oxygens (including phenoxy) is 1. The van der Waals surface area contributed by atoms with E-state index in [-0.39, 0.29) is 11.8 Å². The van der Waals surface area contributed by atoms with E-state index in [9.17, 15) is 9.59 Å². The fourth-order valence-corrected chi connectivity index (χ4v) is 3.25. The number of methoxy groups -OCH3 is 1. The molecule has 0 saturated carbocycles. The Bertz CT molecular complexity index is 1030. The van der Waals surface area contributed by atoms with Crippen LogP contribution >= 0.6 is 0 Å². The highest BCUT2D eigenvalue weighted by Crippen LogP contribution is 2.25. The molecule has 0 bridgehead atoms. The van der Waals surface area contributed by atoms with Gasteiger partial charge in [0.25, 0.3) is 11.8 Å². The Morgan fingerprint density at radius 2 is 1.90 bits per heavy atom. The molecule has 0 aliphatic carbocycles. The average Bonchev–Trinajstić information content (AvgIpc) is 3.13. The highest BCUT2D eigenvalue weighted by Gasteiger charge is 2.17. The molecule has 0 aliphatic rings. The molecule has 0 unspecified atom stereocenters. The van der Waals surface area contributed by atoms with Gasteiger partial charge in [0.2, 0.25) is 0 Å². The van der Waals surface area contributed by atoms with Gasteiger partial charge in [-0.25, -0.2) is 0 Å². The summed E-state index contributed by atoms with van der Waals surface area (Å²) in [4.78, 5) is 25.4. The number of hydrogen-bond acceptors (Lipinski definition) is 4. The molecule has 3 aromatic rings. The van der Waals surface area contributed by atoms with E-state index in [4.69, 9.17) is 10.5 Å². The number of rotatable bonds is 8. The molecule has 2 aromatic carbocycles. The molecular weight excluding hydrogens is 368 g/mol. The molecule has 1 heterocycles. The van der Waals surface area contributed by atoms with Gasteiger partial charge < -0.3 is 25.7 Å². The van der Waals surface area contributed by atoms with Crippen molar-refractivity contribution < 1.29 is 14.3 Å². The molecule has 0 aliphatic heterocycles. The van der Waals surface area contributed by atoms with E-state index < -0.39 is 0 Å². The van der Waals surface area contributed by atoms with Gasteiger partial charge in [0, 0.05) is 35.9 Å². The molecule has 0 spiro atoms. The van der Waals surface area contributed by atoms with Gasteiger partial charge in [-0.1, -0.05) is 18.2 Å². The molecule has 7 nitrogen and oxygen atoms in total. The molecule has 4 N–H and O–H groups in total. The van der Waals surface area contributed by atoms with Crippen molar-refractivity contribution >= 4 is 28.4 Å². The first-order valence-corrected chi connectivity index (χ1v) is 9.64. The van der Waals surface area contributed by atoms with Crippen molar-refractivity contribution in [1.82, 2.24) is 9.88 Å². The van der Waals surface area contributed by atoms with Crippen LogP contribution in [0.2, 0.25) is 0 Å². The summed E-state index contributed by atoms with van der Waals surface area (Å²) in [6, 6.07) is 12.8. The number of nitrogens with zero attached hydrogens (tertiary/aromatic N) is 1. The maximum absolute atomic E-state index is 12.9. The largest absolute Gasteiger partial charge is 0.496 e. The second kappa shape index (κ2) is 9.25. The molecule has 0 saturated heterocycles. The van der Waals surface area contributed by atoms with Gasteiger partial charge in [-0.05, 0) is 44.2 Å². The molecule has 2 amide bonds. The zero-order valence-electron chi connectivity index (χ0n) is 16.7. The molecule has 1 aromatic heterocycles. The quantitative estimate of drug-likeness (QED) is 0.512.